The van der Waals surface area contributed by atoms with Crippen LogP contribution in [0.1, 0.15) is 18.4 Å². The molecule has 20 heavy (non-hydrogen) atoms. The molecule has 0 aliphatic carbocycles. The highest BCUT2D eigenvalue weighted by atomic mass is 16.5. The van der Waals surface area contributed by atoms with E-state index in [0.717, 1.165) is 5.56 Å². The Morgan fingerprint density at radius 1 is 1.40 bits per heavy atom. The number of carbonyl (C=O) groups excluding carboxylic acids is 1. The maximum absolute atomic E-state index is 11.8. The number of methoxy groups -OCH3 is 2. The van der Waals surface area contributed by atoms with Gasteiger partial charge in [0.25, 0.3) is 0 Å². The summed E-state index contributed by atoms with van der Waals surface area (Å²) < 4.78 is 10.4. The molecule has 108 valence electrons. The van der Waals surface area contributed by atoms with Crippen LogP contribution in [0.4, 0.5) is 0 Å². The van der Waals surface area contributed by atoms with Crippen molar-refractivity contribution >= 4 is 11.9 Å². The Morgan fingerprint density at radius 2 is 2.15 bits per heavy atom. The van der Waals surface area contributed by atoms with Crippen molar-refractivity contribution in [2.75, 3.05) is 14.2 Å². The van der Waals surface area contributed by atoms with Crippen LogP contribution >= 0.6 is 0 Å². The van der Waals surface area contributed by atoms with Gasteiger partial charge < -0.3 is 19.5 Å². The number of hydrogen-bond acceptors (Lipinski definition) is 4. The quantitative estimate of drug-likeness (QED) is 0.878. The SMILES string of the molecule is COc1ccc(CN2C(=O)CC[C@H]2C(=O)O)c(OC)c1. The van der Waals surface area contributed by atoms with Crippen LogP contribution in [0.5, 0.6) is 11.5 Å². The van der Waals surface area contributed by atoms with E-state index in [9.17, 15) is 9.59 Å². The minimum Gasteiger partial charge on any atom is -0.497 e. The molecule has 0 radical (unpaired) electrons. The van der Waals surface area contributed by atoms with Gasteiger partial charge in [-0.25, -0.2) is 4.79 Å². The van der Waals surface area contributed by atoms with Crippen molar-refractivity contribution < 1.29 is 24.2 Å². The second-order valence-electron chi connectivity index (χ2n) is 4.59. The van der Waals surface area contributed by atoms with Gasteiger partial charge in [-0.3, -0.25) is 4.79 Å². The first-order chi connectivity index (χ1) is 9.56. The molecule has 6 heteroatoms. The van der Waals surface area contributed by atoms with E-state index in [1.807, 2.05) is 0 Å². The summed E-state index contributed by atoms with van der Waals surface area (Å²) in [6.45, 7) is 0.225. The van der Waals surface area contributed by atoms with Crippen molar-refractivity contribution in [2.45, 2.75) is 25.4 Å². The number of rotatable bonds is 5. The van der Waals surface area contributed by atoms with Crippen molar-refractivity contribution in [3.8, 4) is 11.5 Å². The summed E-state index contributed by atoms with van der Waals surface area (Å²) in [5, 5.41) is 9.14. The molecule has 1 aromatic carbocycles. The first kappa shape index (κ1) is 14.2. The van der Waals surface area contributed by atoms with Gasteiger partial charge >= 0.3 is 5.97 Å². The summed E-state index contributed by atoms with van der Waals surface area (Å²) in [6.07, 6.45) is 0.627. The third kappa shape index (κ3) is 2.68. The van der Waals surface area contributed by atoms with E-state index in [2.05, 4.69) is 0 Å². The fourth-order valence-electron chi connectivity index (χ4n) is 2.35. The summed E-state index contributed by atoms with van der Waals surface area (Å²) in [6, 6.07) is 4.50. The summed E-state index contributed by atoms with van der Waals surface area (Å²) >= 11 is 0. The molecule has 1 N–H and O–H groups in total. The fourth-order valence-corrected chi connectivity index (χ4v) is 2.35. The van der Waals surface area contributed by atoms with Crippen LogP contribution in [0.3, 0.4) is 0 Å². The minimum atomic E-state index is -0.969. The molecule has 1 atom stereocenters. The first-order valence-electron chi connectivity index (χ1n) is 6.30. The van der Waals surface area contributed by atoms with Gasteiger partial charge in [0.1, 0.15) is 17.5 Å². The fraction of sp³-hybridized carbons (Fsp3) is 0.429. The molecule has 1 saturated heterocycles. The maximum atomic E-state index is 11.8. The summed E-state index contributed by atoms with van der Waals surface area (Å²) in [4.78, 5) is 24.4. The van der Waals surface area contributed by atoms with Gasteiger partial charge in [0.2, 0.25) is 5.91 Å². The molecule has 0 aromatic heterocycles. The van der Waals surface area contributed by atoms with Gasteiger partial charge in [-0.1, -0.05) is 0 Å². The molecule has 1 fully saturated rings. The van der Waals surface area contributed by atoms with Crippen molar-refractivity contribution in [2.24, 2.45) is 0 Å². The molecular weight excluding hydrogens is 262 g/mol. The maximum Gasteiger partial charge on any atom is 0.326 e. The van der Waals surface area contributed by atoms with Gasteiger partial charge in [0.05, 0.1) is 20.8 Å². The van der Waals surface area contributed by atoms with E-state index < -0.39 is 12.0 Å². The lowest BCUT2D eigenvalue weighted by atomic mass is 10.1. The molecule has 0 unspecified atom stereocenters. The molecule has 1 aliphatic rings. The van der Waals surface area contributed by atoms with E-state index in [1.54, 1.807) is 25.3 Å². The lowest BCUT2D eigenvalue weighted by Gasteiger charge is -2.22. The van der Waals surface area contributed by atoms with Gasteiger partial charge in [-0.05, 0) is 18.6 Å². The van der Waals surface area contributed by atoms with Gasteiger partial charge in [-0.15, -0.1) is 0 Å². The molecule has 2 rings (SSSR count). The topological polar surface area (TPSA) is 76.1 Å². The van der Waals surface area contributed by atoms with E-state index in [4.69, 9.17) is 14.6 Å². The lowest BCUT2D eigenvalue weighted by molar-refractivity contribution is -0.146. The molecule has 1 aliphatic heterocycles. The predicted octanol–water partition coefficient (Wildman–Crippen LogP) is 1.28. The number of carboxylic acid groups (broad SMARTS) is 1. The third-order valence-electron chi connectivity index (χ3n) is 3.45. The van der Waals surface area contributed by atoms with Crippen LogP contribution in [0.25, 0.3) is 0 Å². The number of nitrogens with zero attached hydrogens (tertiary/aromatic N) is 1. The Kier molecular flexibility index (Phi) is 4.12. The number of hydrogen-bond donors (Lipinski definition) is 1. The normalized spacial score (nSPS) is 18.2. The van der Waals surface area contributed by atoms with Gasteiger partial charge in [-0.2, -0.15) is 0 Å². The van der Waals surface area contributed by atoms with Crippen LogP contribution in [0.2, 0.25) is 0 Å². The van der Waals surface area contributed by atoms with Crippen molar-refractivity contribution in [1.82, 2.24) is 4.90 Å². The molecule has 1 amide bonds. The number of likely N-dealkylation sites (tertiary alicyclic amines) is 1. The van der Waals surface area contributed by atoms with Gasteiger partial charge in [0, 0.05) is 18.1 Å². The number of carboxylic acids is 1. The van der Waals surface area contributed by atoms with Crippen molar-refractivity contribution in [3.05, 3.63) is 23.8 Å². The van der Waals surface area contributed by atoms with Crippen LogP contribution in [0.15, 0.2) is 18.2 Å². The standard InChI is InChI=1S/C14H17NO5/c1-19-10-4-3-9(12(7-10)20-2)8-15-11(14(17)18)5-6-13(15)16/h3-4,7,11H,5-6,8H2,1-2H3,(H,17,18)/t11-/m0/s1. The Labute approximate surface area is 116 Å². The third-order valence-corrected chi connectivity index (χ3v) is 3.45. The van der Waals surface area contributed by atoms with Crippen molar-refractivity contribution in [1.29, 1.82) is 0 Å². The lowest BCUT2D eigenvalue weighted by Crippen LogP contribution is -2.37. The molecular formula is C14H17NO5. The predicted molar refractivity (Wildman–Crippen MR) is 70.8 cm³/mol. The Morgan fingerprint density at radius 3 is 2.75 bits per heavy atom. The Balaban J connectivity index is 2.24. The average Bonchev–Trinajstić information content (AvgIpc) is 2.81. The Bertz CT molecular complexity index is 528. The monoisotopic (exact) mass is 279 g/mol. The molecule has 0 saturated carbocycles. The second-order valence-corrected chi connectivity index (χ2v) is 4.59. The van der Waals surface area contributed by atoms with E-state index in [0.29, 0.717) is 17.9 Å². The zero-order chi connectivity index (χ0) is 14.7. The van der Waals surface area contributed by atoms with E-state index >= 15 is 0 Å². The zero-order valence-electron chi connectivity index (χ0n) is 11.5. The first-order valence-corrected chi connectivity index (χ1v) is 6.30. The molecule has 0 bridgehead atoms. The second kappa shape index (κ2) is 5.81. The van der Waals surface area contributed by atoms with Gasteiger partial charge in [0.15, 0.2) is 0 Å². The number of aliphatic carboxylic acids is 1. The molecule has 6 nitrogen and oxygen atoms in total. The van der Waals surface area contributed by atoms with Crippen LogP contribution in [0, 0.1) is 0 Å². The number of amides is 1. The summed E-state index contributed by atoms with van der Waals surface area (Å²) in [5.41, 5.74) is 0.759. The number of carbonyl (C=O) groups is 2. The smallest absolute Gasteiger partial charge is 0.326 e. The molecule has 0 spiro atoms. The van der Waals surface area contributed by atoms with Crippen molar-refractivity contribution in [3.63, 3.8) is 0 Å². The number of benzene rings is 1. The number of ether oxygens (including phenoxy) is 2. The van der Waals surface area contributed by atoms with E-state index in [1.165, 1.54) is 12.0 Å². The van der Waals surface area contributed by atoms with E-state index in [-0.39, 0.29) is 18.9 Å². The Hall–Kier alpha value is -2.24. The minimum absolute atomic E-state index is 0.143. The van der Waals surface area contributed by atoms with Crippen LogP contribution in [-0.2, 0) is 16.1 Å². The molecule has 1 heterocycles. The largest absolute Gasteiger partial charge is 0.497 e. The zero-order valence-corrected chi connectivity index (χ0v) is 11.5. The summed E-state index contributed by atoms with van der Waals surface area (Å²) in [7, 11) is 3.08. The van der Waals surface area contributed by atoms with Crippen LogP contribution in [-0.4, -0.2) is 42.1 Å². The molecule has 1 aromatic rings. The summed E-state index contributed by atoms with van der Waals surface area (Å²) in [5.74, 6) is 0.111. The highest BCUT2D eigenvalue weighted by Gasteiger charge is 2.36. The highest BCUT2D eigenvalue weighted by molar-refractivity contribution is 5.87. The van der Waals surface area contributed by atoms with Crippen LogP contribution < -0.4 is 9.47 Å². The average molecular weight is 279 g/mol. The highest BCUT2D eigenvalue weighted by Crippen LogP contribution is 2.29.